The summed E-state index contributed by atoms with van der Waals surface area (Å²) in [6.07, 6.45) is 2.62. The number of piperazine rings is 1. The quantitative estimate of drug-likeness (QED) is 0.328. The van der Waals surface area contributed by atoms with E-state index in [1.54, 1.807) is 0 Å². The molecule has 0 bridgehead atoms. The van der Waals surface area contributed by atoms with Crippen molar-refractivity contribution in [3.8, 4) is 0 Å². The van der Waals surface area contributed by atoms with Gasteiger partial charge in [0.15, 0.2) is 5.96 Å². The second-order valence-electron chi connectivity index (χ2n) is 7.33. The van der Waals surface area contributed by atoms with Gasteiger partial charge >= 0.3 is 0 Å². The molecule has 6 nitrogen and oxygen atoms in total. The van der Waals surface area contributed by atoms with Crippen molar-refractivity contribution in [2.24, 2.45) is 4.99 Å². The monoisotopic (exact) mass is 521 g/mol. The number of guanidine groups is 1. The van der Waals surface area contributed by atoms with Gasteiger partial charge in [0.05, 0.1) is 6.54 Å². The molecular weight excluding hydrogens is 491 g/mol. The van der Waals surface area contributed by atoms with Crippen LogP contribution in [0.5, 0.6) is 0 Å². The lowest BCUT2D eigenvalue weighted by molar-refractivity contribution is -0.122. The van der Waals surface area contributed by atoms with Gasteiger partial charge in [-0.3, -0.25) is 14.7 Å². The molecule has 0 atom stereocenters. The van der Waals surface area contributed by atoms with E-state index in [0.29, 0.717) is 31.1 Å². The third-order valence-electron chi connectivity index (χ3n) is 4.97. The largest absolute Gasteiger partial charge is 0.357 e. The molecule has 3 rings (SSSR count). The summed E-state index contributed by atoms with van der Waals surface area (Å²) in [4.78, 5) is 20.9. The smallest absolute Gasteiger partial charge is 0.234 e. The SMILES string of the molecule is CCNC(=NCCc1ccc(F)cc1F)N1CCN(CC(=O)NC2CC2)CC1.I. The van der Waals surface area contributed by atoms with Crippen LogP contribution in [-0.4, -0.2) is 73.5 Å². The van der Waals surface area contributed by atoms with Gasteiger partial charge in [-0.1, -0.05) is 6.07 Å². The summed E-state index contributed by atoms with van der Waals surface area (Å²) in [5.41, 5.74) is 0.465. The second kappa shape index (κ2) is 11.6. The van der Waals surface area contributed by atoms with E-state index in [0.717, 1.165) is 57.6 Å². The van der Waals surface area contributed by atoms with Crippen LogP contribution in [0.1, 0.15) is 25.3 Å². The molecule has 1 aliphatic carbocycles. The summed E-state index contributed by atoms with van der Waals surface area (Å²) in [5.74, 6) is -0.190. The Morgan fingerprint density at radius 2 is 1.93 bits per heavy atom. The van der Waals surface area contributed by atoms with E-state index >= 15 is 0 Å². The van der Waals surface area contributed by atoms with E-state index in [1.165, 1.54) is 12.1 Å². The molecule has 1 aromatic carbocycles. The van der Waals surface area contributed by atoms with Crippen LogP contribution < -0.4 is 10.6 Å². The summed E-state index contributed by atoms with van der Waals surface area (Å²) in [6, 6.07) is 4.04. The highest BCUT2D eigenvalue weighted by Gasteiger charge is 2.25. The topological polar surface area (TPSA) is 60.0 Å². The van der Waals surface area contributed by atoms with Crippen molar-refractivity contribution in [2.75, 3.05) is 45.8 Å². The van der Waals surface area contributed by atoms with Crippen molar-refractivity contribution in [3.63, 3.8) is 0 Å². The molecule has 1 aliphatic heterocycles. The molecule has 1 saturated heterocycles. The van der Waals surface area contributed by atoms with Gasteiger partial charge in [0, 0.05) is 51.4 Å². The van der Waals surface area contributed by atoms with Crippen molar-refractivity contribution in [1.29, 1.82) is 0 Å². The van der Waals surface area contributed by atoms with Crippen LogP contribution in [0.3, 0.4) is 0 Å². The highest BCUT2D eigenvalue weighted by Crippen LogP contribution is 2.18. The maximum atomic E-state index is 13.8. The van der Waals surface area contributed by atoms with Gasteiger partial charge in [-0.15, -0.1) is 24.0 Å². The Labute approximate surface area is 188 Å². The molecule has 0 aromatic heterocycles. The third kappa shape index (κ3) is 7.69. The Bertz CT molecular complexity index is 706. The van der Waals surface area contributed by atoms with E-state index in [9.17, 15) is 13.6 Å². The number of hydrogen-bond donors (Lipinski definition) is 2. The maximum Gasteiger partial charge on any atom is 0.234 e. The molecule has 1 aromatic rings. The van der Waals surface area contributed by atoms with Gasteiger partial charge in [-0.2, -0.15) is 0 Å². The van der Waals surface area contributed by atoms with E-state index in [4.69, 9.17) is 0 Å². The molecule has 1 amide bonds. The minimum Gasteiger partial charge on any atom is -0.357 e. The van der Waals surface area contributed by atoms with Gasteiger partial charge in [0.2, 0.25) is 5.91 Å². The molecule has 9 heteroatoms. The maximum absolute atomic E-state index is 13.8. The number of rotatable bonds is 7. The van der Waals surface area contributed by atoms with Gasteiger partial charge in [-0.05, 0) is 37.8 Å². The number of halogens is 3. The molecule has 0 spiro atoms. The fraction of sp³-hybridized carbons (Fsp3) is 0.600. The van der Waals surface area contributed by atoms with E-state index in [2.05, 4.69) is 25.4 Å². The number of nitrogens with one attached hydrogen (secondary N) is 2. The lowest BCUT2D eigenvalue weighted by atomic mass is 10.1. The number of hydrogen-bond acceptors (Lipinski definition) is 3. The lowest BCUT2D eigenvalue weighted by Gasteiger charge is -2.36. The molecule has 0 radical (unpaired) electrons. The molecule has 1 saturated carbocycles. The summed E-state index contributed by atoms with van der Waals surface area (Å²) in [7, 11) is 0. The van der Waals surface area contributed by atoms with Crippen molar-refractivity contribution >= 4 is 35.8 Å². The lowest BCUT2D eigenvalue weighted by Crippen LogP contribution is -2.54. The zero-order chi connectivity index (χ0) is 19.9. The zero-order valence-electron chi connectivity index (χ0n) is 16.8. The number of benzene rings is 1. The van der Waals surface area contributed by atoms with Gasteiger partial charge in [0.1, 0.15) is 11.6 Å². The van der Waals surface area contributed by atoms with Crippen LogP contribution in [0.2, 0.25) is 0 Å². The minimum absolute atomic E-state index is 0. The summed E-state index contributed by atoms with van der Waals surface area (Å²) in [5, 5.41) is 6.30. The molecule has 0 unspecified atom stereocenters. The normalized spacial score (nSPS) is 17.6. The highest BCUT2D eigenvalue weighted by atomic mass is 127. The number of carbonyl (C=O) groups excluding carboxylic acids is 1. The van der Waals surface area contributed by atoms with Crippen LogP contribution in [0.4, 0.5) is 8.78 Å². The highest BCUT2D eigenvalue weighted by molar-refractivity contribution is 14.0. The van der Waals surface area contributed by atoms with Crippen LogP contribution >= 0.6 is 24.0 Å². The van der Waals surface area contributed by atoms with Crippen molar-refractivity contribution < 1.29 is 13.6 Å². The molecule has 29 heavy (non-hydrogen) atoms. The standard InChI is InChI=1S/C20H29F2N5O.HI/c1-2-23-20(24-8-7-15-3-4-16(21)13-18(15)22)27-11-9-26(10-12-27)14-19(28)25-17-5-6-17;/h3-4,13,17H,2,5-12,14H2,1H3,(H,23,24)(H,25,28);1H. The first-order chi connectivity index (χ1) is 13.5. The van der Waals surface area contributed by atoms with E-state index in [1.807, 2.05) is 6.92 Å². The van der Waals surface area contributed by atoms with Gasteiger partial charge in [0.25, 0.3) is 0 Å². The van der Waals surface area contributed by atoms with Crippen LogP contribution in [-0.2, 0) is 11.2 Å². The van der Waals surface area contributed by atoms with Gasteiger partial charge < -0.3 is 15.5 Å². The molecule has 162 valence electrons. The van der Waals surface area contributed by atoms with Crippen LogP contribution in [0.15, 0.2) is 23.2 Å². The predicted octanol–water partition coefficient (Wildman–Crippen LogP) is 1.99. The first kappa shape index (κ1) is 23.8. The Hall–Kier alpha value is -1.49. The van der Waals surface area contributed by atoms with E-state index < -0.39 is 11.6 Å². The third-order valence-corrected chi connectivity index (χ3v) is 4.97. The molecular formula is C20H30F2IN5O. The van der Waals surface area contributed by atoms with Crippen LogP contribution in [0, 0.1) is 11.6 Å². The summed E-state index contributed by atoms with van der Waals surface area (Å²) < 4.78 is 26.8. The average Bonchev–Trinajstić information content (AvgIpc) is 3.47. The molecule has 2 N–H and O–H groups in total. The summed E-state index contributed by atoms with van der Waals surface area (Å²) >= 11 is 0. The Morgan fingerprint density at radius 1 is 1.21 bits per heavy atom. The summed E-state index contributed by atoms with van der Waals surface area (Å²) in [6.45, 7) is 6.79. The number of carbonyl (C=O) groups is 1. The van der Waals surface area contributed by atoms with Crippen molar-refractivity contribution in [1.82, 2.24) is 20.4 Å². The fourth-order valence-electron chi connectivity index (χ4n) is 3.25. The van der Waals surface area contributed by atoms with E-state index in [-0.39, 0.29) is 29.9 Å². The predicted molar refractivity (Wildman–Crippen MR) is 121 cm³/mol. The van der Waals surface area contributed by atoms with Gasteiger partial charge in [-0.25, -0.2) is 8.78 Å². The fourth-order valence-corrected chi connectivity index (χ4v) is 3.25. The Morgan fingerprint density at radius 3 is 2.55 bits per heavy atom. The minimum atomic E-state index is -0.568. The molecule has 2 fully saturated rings. The molecule has 2 aliphatic rings. The first-order valence-electron chi connectivity index (χ1n) is 10.0. The average molecular weight is 521 g/mol. The Balaban J connectivity index is 0.00000300. The number of nitrogens with zero attached hydrogens (tertiary/aromatic N) is 3. The van der Waals surface area contributed by atoms with Crippen molar-refractivity contribution in [2.45, 2.75) is 32.2 Å². The molecule has 1 heterocycles. The second-order valence-corrected chi connectivity index (χ2v) is 7.33. The number of amides is 1. The Kier molecular flexibility index (Phi) is 9.54. The number of aliphatic imine (C=N–C) groups is 1. The first-order valence-corrected chi connectivity index (χ1v) is 10.0. The van der Waals surface area contributed by atoms with Crippen LogP contribution in [0.25, 0.3) is 0 Å². The van der Waals surface area contributed by atoms with Crippen molar-refractivity contribution in [3.05, 3.63) is 35.4 Å². The zero-order valence-corrected chi connectivity index (χ0v) is 19.1.